The molecule has 1 aliphatic rings. The quantitative estimate of drug-likeness (QED) is 0.582. The molecule has 0 saturated heterocycles. The zero-order valence-electron chi connectivity index (χ0n) is 16.4. The van der Waals surface area contributed by atoms with Crippen molar-refractivity contribution in [3.63, 3.8) is 0 Å². The highest BCUT2D eigenvalue weighted by molar-refractivity contribution is 5.79. The molecule has 0 unspecified atom stereocenters. The van der Waals surface area contributed by atoms with Gasteiger partial charge in [-0.3, -0.25) is 4.99 Å². The standard InChI is InChI=1S/C22H29FN4/c1-24-21(25-14-17-8-10-18(11-9-17)15-27(2)3)26-16-22(12-13-22)19-6-4-5-7-20(19)23/h4-11H,12-16H2,1-3H3,(H2,24,25,26). The summed E-state index contributed by atoms with van der Waals surface area (Å²) in [5, 5.41) is 6.72. The van der Waals surface area contributed by atoms with Gasteiger partial charge in [-0.15, -0.1) is 0 Å². The Morgan fingerprint density at radius 2 is 1.70 bits per heavy atom. The third-order valence-corrected chi connectivity index (χ3v) is 5.10. The number of hydrogen-bond donors (Lipinski definition) is 2. The molecule has 0 bridgehead atoms. The summed E-state index contributed by atoms with van der Waals surface area (Å²) in [5.41, 5.74) is 3.21. The molecular weight excluding hydrogens is 339 g/mol. The molecule has 0 aliphatic heterocycles. The topological polar surface area (TPSA) is 39.7 Å². The predicted octanol–water partition coefficient (Wildman–Crippen LogP) is 3.28. The molecule has 0 aromatic heterocycles. The normalized spacial score (nSPS) is 15.7. The van der Waals surface area contributed by atoms with E-state index in [-0.39, 0.29) is 11.2 Å². The van der Waals surface area contributed by atoms with Gasteiger partial charge < -0.3 is 15.5 Å². The molecule has 5 heteroatoms. The van der Waals surface area contributed by atoms with Gasteiger partial charge in [0.05, 0.1) is 0 Å². The SMILES string of the molecule is CN=C(NCc1ccc(CN(C)C)cc1)NCC1(c2ccccc2F)CC1. The van der Waals surface area contributed by atoms with Crippen molar-refractivity contribution >= 4 is 5.96 Å². The molecule has 3 rings (SSSR count). The van der Waals surface area contributed by atoms with Crippen LogP contribution in [0.15, 0.2) is 53.5 Å². The predicted molar refractivity (Wildman–Crippen MR) is 109 cm³/mol. The van der Waals surface area contributed by atoms with E-state index < -0.39 is 0 Å². The number of aliphatic imine (C=N–C) groups is 1. The highest BCUT2D eigenvalue weighted by atomic mass is 19.1. The van der Waals surface area contributed by atoms with Crippen molar-refractivity contribution < 1.29 is 4.39 Å². The van der Waals surface area contributed by atoms with Gasteiger partial charge in [-0.25, -0.2) is 4.39 Å². The van der Waals surface area contributed by atoms with Crippen LogP contribution >= 0.6 is 0 Å². The van der Waals surface area contributed by atoms with E-state index >= 15 is 0 Å². The molecular formula is C22H29FN4. The van der Waals surface area contributed by atoms with Crippen molar-refractivity contribution in [1.29, 1.82) is 0 Å². The number of nitrogens with one attached hydrogen (secondary N) is 2. The Bertz CT molecular complexity index is 779. The van der Waals surface area contributed by atoms with Crippen LogP contribution in [-0.4, -0.2) is 38.5 Å². The van der Waals surface area contributed by atoms with Gasteiger partial charge in [-0.2, -0.15) is 0 Å². The molecule has 2 aromatic rings. The molecule has 1 fully saturated rings. The van der Waals surface area contributed by atoms with Gasteiger partial charge in [-0.1, -0.05) is 42.5 Å². The average molecular weight is 369 g/mol. The van der Waals surface area contributed by atoms with E-state index in [1.54, 1.807) is 19.2 Å². The van der Waals surface area contributed by atoms with Crippen LogP contribution < -0.4 is 10.6 Å². The third-order valence-electron chi connectivity index (χ3n) is 5.10. The fourth-order valence-corrected chi connectivity index (χ4v) is 3.37. The molecule has 4 nitrogen and oxygen atoms in total. The molecule has 0 atom stereocenters. The fraction of sp³-hybridized carbons (Fsp3) is 0.409. The van der Waals surface area contributed by atoms with Crippen molar-refractivity contribution in [3.05, 3.63) is 71.0 Å². The maximum atomic E-state index is 14.1. The summed E-state index contributed by atoms with van der Waals surface area (Å²) in [4.78, 5) is 6.46. The first kappa shape index (κ1) is 19.4. The second kappa shape index (κ2) is 8.53. The van der Waals surface area contributed by atoms with Gasteiger partial charge in [0.15, 0.2) is 5.96 Å². The molecule has 0 amide bonds. The number of rotatable bonds is 7. The summed E-state index contributed by atoms with van der Waals surface area (Å²) in [6.07, 6.45) is 2.01. The van der Waals surface area contributed by atoms with Crippen LogP contribution in [0.4, 0.5) is 4.39 Å². The minimum atomic E-state index is -0.113. The lowest BCUT2D eigenvalue weighted by atomic mass is 9.95. The second-order valence-electron chi connectivity index (χ2n) is 7.59. The molecule has 0 spiro atoms. The van der Waals surface area contributed by atoms with Crippen molar-refractivity contribution in [1.82, 2.24) is 15.5 Å². The molecule has 0 heterocycles. The van der Waals surface area contributed by atoms with Gasteiger partial charge in [0.25, 0.3) is 0 Å². The Balaban J connectivity index is 1.52. The van der Waals surface area contributed by atoms with Crippen LogP contribution in [0.25, 0.3) is 0 Å². The molecule has 144 valence electrons. The number of hydrogen-bond acceptors (Lipinski definition) is 2. The molecule has 1 aliphatic carbocycles. The van der Waals surface area contributed by atoms with Crippen LogP contribution in [0.5, 0.6) is 0 Å². The van der Waals surface area contributed by atoms with E-state index in [0.717, 1.165) is 30.9 Å². The van der Waals surface area contributed by atoms with Crippen molar-refractivity contribution in [2.45, 2.75) is 31.3 Å². The number of nitrogens with zero attached hydrogens (tertiary/aromatic N) is 2. The lowest BCUT2D eigenvalue weighted by Gasteiger charge is -2.19. The lowest BCUT2D eigenvalue weighted by molar-refractivity contribution is 0.402. The van der Waals surface area contributed by atoms with E-state index in [2.05, 4.69) is 58.9 Å². The largest absolute Gasteiger partial charge is 0.356 e. The van der Waals surface area contributed by atoms with Crippen LogP contribution in [0, 0.1) is 5.82 Å². The third kappa shape index (κ3) is 5.07. The summed E-state index contributed by atoms with van der Waals surface area (Å²) >= 11 is 0. The van der Waals surface area contributed by atoms with Gasteiger partial charge in [0.1, 0.15) is 5.82 Å². The zero-order valence-corrected chi connectivity index (χ0v) is 16.4. The summed E-state index contributed by atoms with van der Waals surface area (Å²) in [6.45, 7) is 2.33. The van der Waals surface area contributed by atoms with E-state index in [0.29, 0.717) is 13.1 Å². The molecule has 2 aromatic carbocycles. The number of benzene rings is 2. The van der Waals surface area contributed by atoms with Gasteiger partial charge >= 0.3 is 0 Å². The monoisotopic (exact) mass is 368 g/mol. The van der Waals surface area contributed by atoms with E-state index in [1.807, 2.05) is 12.1 Å². The van der Waals surface area contributed by atoms with Crippen molar-refractivity contribution in [2.75, 3.05) is 27.7 Å². The summed E-state index contributed by atoms with van der Waals surface area (Å²) < 4.78 is 14.1. The summed E-state index contributed by atoms with van der Waals surface area (Å²) in [5.74, 6) is 0.632. The van der Waals surface area contributed by atoms with Gasteiger partial charge in [0, 0.05) is 32.1 Å². The molecule has 0 radical (unpaired) electrons. The number of halogens is 1. The van der Waals surface area contributed by atoms with Gasteiger partial charge in [-0.05, 0) is 49.7 Å². The fourth-order valence-electron chi connectivity index (χ4n) is 3.37. The van der Waals surface area contributed by atoms with E-state index in [1.165, 1.54) is 11.1 Å². The molecule has 27 heavy (non-hydrogen) atoms. The van der Waals surface area contributed by atoms with Crippen molar-refractivity contribution in [3.8, 4) is 0 Å². The van der Waals surface area contributed by atoms with Crippen LogP contribution in [-0.2, 0) is 18.5 Å². The highest BCUT2D eigenvalue weighted by Gasteiger charge is 2.45. The van der Waals surface area contributed by atoms with Crippen LogP contribution in [0.2, 0.25) is 0 Å². The maximum absolute atomic E-state index is 14.1. The summed E-state index contributed by atoms with van der Waals surface area (Å²) in [7, 11) is 5.90. The Morgan fingerprint density at radius 3 is 2.30 bits per heavy atom. The minimum absolute atomic E-state index is 0.100. The smallest absolute Gasteiger partial charge is 0.191 e. The van der Waals surface area contributed by atoms with Crippen molar-refractivity contribution in [2.24, 2.45) is 4.99 Å². The highest BCUT2D eigenvalue weighted by Crippen LogP contribution is 2.48. The van der Waals surface area contributed by atoms with E-state index in [4.69, 9.17) is 0 Å². The second-order valence-corrected chi connectivity index (χ2v) is 7.59. The Hall–Kier alpha value is -2.40. The Morgan fingerprint density at radius 1 is 1.04 bits per heavy atom. The molecule has 1 saturated carbocycles. The first-order valence-corrected chi connectivity index (χ1v) is 9.44. The first-order valence-electron chi connectivity index (χ1n) is 9.44. The Kier molecular flexibility index (Phi) is 6.11. The number of guanidine groups is 1. The minimum Gasteiger partial charge on any atom is -0.356 e. The van der Waals surface area contributed by atoms with E-state index in [9.17, 15) is 4.39 Å². The zero-order chi connectivity index (χ0) is 19.3. The summed E-state index contributed by atoms with van der Waals surface area (Å²) in [6, 6.07) is 15.7. The van der Waals surface area contributed by atoms with Gasteiger partial charge in [0.2, 0.25) is 0 Å². The van der Waals surface area contributed by atoms with Crippen LogP contribution in [0.1, 0.15) is 29.5 Å². The average Bonchev–Trinajstić information content (AvgIpc) is 3.44. The van der Waals surface area contributed by atoms with Crippen LogP contribution in [0.3, 0.4) is 0 Å². The lowest BCUT2D eigenvalue weighted by Crippen LogP contribution is -2.41. The molecule has 2 N–H and O–H groups in total. The Labute approximate surface area is 161 Å². The maximum Gasteiger partial charge on any atom is 0.191 e. The first-order chi connectivity index (χ1) is 13.0.